The van der Waals surface area contributed by atoms with E-state index in [0.717, 1.165) is 11.1 Å². The van der Waals surface area contributed by atoms with Crippen LogP contribution in [0.1, 0.15) is 18.1 Å². The van der Waals surface area contributed by atoms with E-state index in [0.29, 0.717) is 56.6 Å². The Labute approximate surface area is 222 Å². The Balaban J connectivity index is 1.44. The number of methoxy groups -OCH3 is 1. The molecular weight excluding hydrogens is 491 g/mol. The molecule has 2 heterocycles. The number of aryl methyl sites for hydroxylation is 1. The van der Waals surface area contributed by atoms with Gasteiger partial charge in [-0.2, -0.15) is 5.10 Å². The molecule has 204 valence electrons. The minimum absolute atomic E-state index is 0.0389. The zero-order valence-corrected chi connectivity index (χ0v) is 22.1. The number of hydrogen-bond acceptors (Lipinski definition) is 7. The van der Waals surface area contributed by atoms with Gasteiger partial charge in [0.15, 0.2) is 11.5 Å². The van der Waals surface area contributed by atoms with Crippen molar-refractivity contribution in [3.8, 4) is 17.2 Å². The summed E-state index contributed by atoms with van der Waals surface area (Å²) < 4.78 is 32.4. The number of benzene rings is 2. The second-order valence-electron chi connectivity index (χ2n) is 9.73. The SMILES string of the molecule is COc1ccc(CN2CCN(C(C)=O)C[C@@](O)(COc3ccc(F)cc3)C2)cc1OCCn1cc(C)cn1. The molecule has 1 aliphatic rings. The van der Waals surface area contributed by atoms with Crippen LogP contribution in [0.5, 0.6) is 17.2 Å². The Bertz CT molecular complexity index is 1220. The van der Waals surface area contributed by atoms with Gasteiger partial charge < -0.3 is 24.2 Å². The number of amides is 1. The third kappa shape index (κ3) is 7.45. The quantitative estimate of drug-likeness (QED) is 0.435. The predicted octanol–water partition coefficient (Wildman–Crippen LogP) is 2.89. The average Bonchev–Trinajstić information content (AvgIpc) is 3.22. The molecule has 0 spiro atoms. The summed E-state index contributed by atoms with van der Waals surface area (Å²) in [4.78, 5) is 15.9. The van der Waals surface area contributed by atoms with Crippen molar-refractivity contribution in [2.24, 2.45) is 0 Å². The first-order valence-corrected chi connectivity index (χ1v) is 12.6. The Morgan fingerprint density at radius 3 is 2.58 bits per heavy atom. The highest BCUT2D eigenvalue weighted by Crippen LogP contribution is 2.29. The molecule has 0 unspecified atom stereocenters. The fourth-order valence-electron chi connectivity index (χ4n) is 4.51. The van der Waals surface area contributed by atoms with E-state index >= 15 is 0 Å². The third-order valence-electron chi connectivity index (χ3n) is 6.43. The van der Waals surface area contributed by atoms with Crippen LogP contribution in [0.3, 0.4) is 0 Å². The lowest BCUT2D eigenvalue weighted by atomic mass is 10.0. The number of hydrogen-bond donors (Lipinski definition) is 1. The summed E-state index contributed by atoms with van der Waals surface area (Å²) in [6.45, 7) is 6.51. The Morgan fingerprint density at radius 2 is 1.89 bits per heavy atom. The van der Waals surface area contributed by atoms with Gasteiger partial charge in [0, 0.05) is 39.3 Å². The number of carbonyl (C=O) groups is 1. The number of halogens is 1. The molecule has 0 radical (unpaired) electrons. The summed E-state index contributed by atoms with van der Waals surface area (Å²) in [6, 6.07) is 11.4. The van der Waals surface area contributed by atoms with Crippen LogP contribution in [-0.4, -0.2) is 82.7 Å². The number of aliphatic hydroxyl groups is 1. The molecule has 2 aromatic carbocycles. The number of β-amino-alcohol motifs (C(OH)–C–C–N with tert-alkyl or cyclic N) is 1. The standard InChI is InChI=1S/C28H35FN4O5/c1-21-15-30-33(16-21)12-13-37-27-14-23(4-9-26(27)36-3)17-31-10-11-32(22(2)34)19-28(35,18-31)20-38-25-7-5-24(29)6-8-25/h4-9,14-16,35H,10-13,17-20H2,1-3H3/t28-/m1/s1. The summed E-state index contributed by atoms with van der Waals surface area (Å²) in [5, 5.41) is 15.8. The van der Waals surface area contributed by atoms with Crippen molar-refractivity contribution in [1.82, 2.24) is 19.6 Å². The van der Waals surface area contributed by atoms with Crippen LogP contribution in [0.4, 0.5) is 4.39 Å². The molecule has 1 amide bonds. The summed E-state index contributed by atoms with van der Waals surface area (Å²) in [7, 11) is 1.60. The van der Waals surface area contributed by atoms with Gasteiger partial charge in [-0.3, -0.25) is 14.4 Å². The van der Waals surface area contributed by atoms with E-state index in [1.165, 1.54) is 31.2 Å². The molecule has 9 nitrogen and oxygen atoms in total. The maximum absolute atomic E-state index is 13.3. The van der Waals surface area contributed by atoms with Crippen molar-refractivity contribution in [3.63, 3.8) is 0 Å². The van der Waals surface area contributed by atoms with Crippen molar-refractivity contribution in [3.05, 3.63) is 71.8 Å². The van der Waals surface area contributed by atoms with Crippen LogP contribution in [-0.2, 0) is 17.9 Å². The van der Waals surface area contributed by atoms with Crippen LogP contribution in [0, 0.1) is 12.7 Å². The molecule has 1 fully saturated rings. The number of carbonyl (C=O) groups excluding carboxylic acids is 1. The lowest BCUT2D eigenvalue weighted by Gasteiger charge is -2.32. The highest BCUT2D eigenvalue weighted by atomic mass is 19.1. The Morgan fingerprint density at radius 1 is 1.11 bits per heavy atom. The molecule has 38 heavy (non-hydrogen) atoms. The molecule has 1 N–H and O–H groups in total. The normalized spacial score (nSPS) is 18.2. The van der Waals surface area contributed by atoms with Crippen LogP contribution >= 0.6 is 0 Å². The second-order valence-corrected chi connectivity index (χ2v) is 9.73. The van der Waals surface area contributed by atoms with Gasteiger partial charge in [0.25, 0.3) is 0 Å². The van der Waals surface area contributed by atoms with E-state index in [2.05, 4.69) is 10.00 Å². The first-order valence-electron chi connectivity index (χ1n) is 12.6. The minimum Gasteiger partial charge on any atom is -0.493 e. The highest BCUT2D eigenvalue weighted by Gasteiger charge is 2.37. The van der Waals surface area contributed by atoms with Gasteiger partial charge in [-0.05, 0) is 54.4 Å². The molecule has 0 saturated carbocycles. The lowest BCUT2D eigenvalue weighted by Crippen LogP contribution is -2.51. The number of aromatic nitrogens is 2. The zero-order valence-electron chi connectivity index (χ0n) is 22.1. The Hall–Kier alpha value is -3.63. The first-order chi connectivity index (χ1) is 18.2. The number of nitrogens with zero attached hydrogens (tertiary/aromatic N) is 4. The van der Waals surface area contributed by atoms with Gasteiger partial charge in [-0.15, -0.1) is 0 Å². The molecular formula is C28H35FN4O5. The van der Waals surface area contributed by atoms with Crippen molar-refractivity contribution < 1.29 is 28.5 Å². The van der Waals surface area contributed by atoms with Gasteiger partial charge in [0.2, 0.25) is 5.91 Å². The van der Waals surface area contributed by atoms with E-state index in [1.807, 2.05) is 42.2 Å². The van der Waals surface area contributed by atoms with Crippen LogP contribution in [0.2, 0.25) is 0 Å². The van der Waals surface area contributed by atoms with Gasteiger partial charge in [0.1, 0.15) is 30.4 Å². The Kier molecular flexibility index (Phi) is 8.85. The van der Waals surface area contributed by atoms with E-state index in [-0.39, 0.29) is 24.9 Å². The molecule has 3 aromatic rings. The van der Waals surface area contributed by atoms with Crippen molar-refractivity contribution in [1.29, 1.82) is 0 Å². The topological polar surface area (TPSA) is 89.3 Å². The fraction of sp³-hybridized carbons (Fsp3) is 0.429. The van der Waals surface area contributed by atoms with E-state index in [9.17, 15) is 14.3 Å². The molecule has 1 saturated heterocycles. The van der Waals surface area contributed by atoms with E-state index < -0.39 is 5.60 Å². The fourth-order valence-corrected chi connectivity index (χ4v) is 4.51. The minimum atomic E-state index is -1.32. The monoisotopic (exact) mass is 526 g/mol. The van der Waals surface area contributed by atoms with E-state index in [1.54, 1.807) is 12.0 Å². The third-order valence-corrected chi connectivity index (χ3v) is 6.43. The summed E-state index contributed by atoms with van der Waals surface area (Å²) in [5.74, 6) is 1.24. The van der Waals surface area contributed by atoms with Crippen LogP contribution in [0.25, 0.3) is 0 Å². The predicted molar refractivity (Wildman–Crippen MR) is 140 cm³/mol. The van der Waals surface area contributed by atoms with Crippen LogP contribution < -0.4 is 14.2 Å². The molecule has 0 aliphatic carbocycles. The summed E-state index contributed by atoms with van der Waals surface area (Å²) in [5.41, 5.74) is 0.756. The average molecular weight is 527 g/mol. The molecule has 0 bridgehead atoms. The number of ether oxygens (including phenoxy) is 3. The first kappa shape index (κ1) is 27.4. The maximum Gasteiger partial charge on any atom is 0.219 e. The van der Waals surface area contributed by atoms with Crippen molar-refractivity contribution >= 4 is 5.91 Å². The maximum atomic E-state index is 13.3. The zero-order chi connectivity index (χ0) is 27.1. The van der Waals surface area contributed by atoms with Gasteiger partial charge >= 0.3 is 0 Å². The van der Waals surface area contributed by atoms with Crippen molar-refractivity contribution in [2.45, 2.75) is 32.5 Å². The molecule has 1 aromatic heterocycles. The van der Waals surface area contributed by atoms with Crippen molar-refractivity contribution in [2.75, 3.05) is 46.5 Å². The largest absolute Gasteiger partial charge is 0.493 e. The summed E-state index contributed by atoms with van der Waals surface area (Å²) >= 11 is 0. The molecule has 1 aliphatic heterocycles. The highest BCUT2D eigenvalue weighted by molar-refractivity contribution is 5.73. The molecule has 4 rings (SSSR count). The number of rotatable bonds is 10. The smallest absolute Gasteiger partial charge is 0.219 e. The lowest BCUT2D eigenvalue weighted by molar-refractivity contribution is -0.132. The van der Waals surface area contributed by atoms with Crippen LogP contribution in [0.15, 0.2) is 54.9 Å². The second kappa shape index (κ2) is 12.3. The van der Waals surface area contributed by atoms with E-state index in [4.69, 9.17) is 14.2 Å². The van der Waals surface area contributed by atoms with Gasteiger partial charge in [-0.1, -0.05) is 6.07 Å². The van der Waals surface area contributed by atoms with Gasteiger partial charge in [0.05, 0.1) is 26.4 Å². The van der Waals surface area contributed by atoms with Gasteiger partial charge in [-0.25, -0.2) is 4.39 Å². The molecule has 10 heteroatoms. The molecule has 1 atom stereocenters. The summed E-state index contributed by atoms with van der Waals surface area (Å²) in [6.07, 6.45) is 3.77.